The summed E-state index contributed by atoms with van der Waals surface area (Å²) < 4.78 is 6.79. The van der Waals surface area contributed by atoms with Gasteiger partial charge in [-0.1, -0.05) is 0 Å². The second-order valence-electron chi connectivity index (χ2n) is 4.21. The van der Waals surface area contributed by atoms with Crippen LogP contribution >= 0.6 is 11.6 Å². The first-order valence-electron chi connectivity index (χ1n) is 5.89. The number of halogens is 1. The summed E-state index contributed by atoms with van der Waals surface area (Å²) in [6.07, 6.45) is 0.592. The topological polar surface area (TPSA) is 93.7 Å². The first kappa shape index (κ1) is 14.0. The van der Waals surface area contributed by atoms with Crippen LogP contribution in [-0.4, -0.2) is 57.9 Å². The Balaban J connectivity index is 2.29. The lowest BCUT2D eigenvalue weighted by molar-refractivity contribution is -0.388. The van der Waals surface area contributed by atoms with E-state index >= 15 is 0 Å². The van der Waals surface area contributed by atoms with Gasteiger partial charge >= 0.3 is 5.82 Å². The molecule has 0 radical (unpaired) electrons. The lowest BCUT2D eigenvalue weighted by atomic mass is 10.3. The average molecular weight is 291 g/mol. The zero-order valence-corrected chi connectivity index (χ0v) is 11.0. The van der Waals surface area contributed by atoms with E-state index in [1.165, 1.54) is 6.33 Å². The van der Waals surface area contributed by atoms with Crippen LogP contribution < -0.4 is 4.90 Å². The zero-order chi connectivity index (χ0) is 13.8. The maximum absolute atomic E-state index is 11.0. The first-order chi connectivity index (χ1) is 9.13. The number of hydrogen-bond acceptors (Lipinski definition) is 6. The molecule has 1 unspecified atom stereocenters. The van der Waals surface area contributed by atoms with Gasteiger partial charge in [-0.3, -0.25) is 4.57 Å². The van der Waals surface area contributed by atoms with Gasteiger partial charge < -0.3 is 24.9 Å². The molecule has 1 fully saturated rings. The van der Waals surface area contributed by atoms with Crippen LogP contribution in [0.2, 0.25) is 0 Å². The number of rotatable bonds is 5. The van der Waals surface area contributed by atoms with Crippen LogP contribution in [0.4, 0.5) is 11.6 Å². The highest BCUT2D eigenvalue weighted by Crippen LogP contribution is 2.27. The van der Waals surface area contributed by atoms with Gasteiger partial charge in [-0.2, -0.15) is 0 Å². The van der Waals surface area contributed by atoms with Crippen LogP contribution in [0.1, 0.15) is 0 Å². The molecule has 0 spiro atoms. The van der Waals surface area contributed by atoms with Gasteiger partial charge in [0, 0.05) is 13.1 Å². The third-order valence-corrected chi connectivity index (χ3v) is 3.22. The molecule has 1 aromatic rings. The number of aromatic nitrogens is 2. The Kier molecular flexibility index (Phi) is 4.56. The number of morpholine rings is 1. The number of alkyl halides is 1. The molecular weight excluding hydrogens is 276 g/mol. The monoisotopic (exact) mass is 290 g/mol. The largest absolute Gasteiger partial charge is 0.406 e. The highest BCUT2D eigenvalue weighted by Gasteiger charge is 2.28. The molecule has 1 N–H and O–H groups in total. The molecule has 1 aliphatic heterocycles. The van der Waals surface area contributed by atoms with E-state index in [2.05, 4.69) is 4.98 Å². The Hall–Kier alpha value is -1.38. The molecule has 8 nitrogen and oxygen atoms in total. The summed E-state index contributed by atoms with van der Waals surface area (Å²) >= 11 is 5.56. The number of anilines is 1. The number of aliphatic hydroxyl groups is 1. The summed E-state index contributed by atoms with van der Waals surface area (Å²) in [5, 5.41) is 20.6. The van der Waals surface area contributed by atoms with Gasteiger partial charge in [-0.05, 0) is 9.91 Å². The quantitative estimate of drug-likeness (QED) is 0.474. The summed E-state index contributed by atoms with van der Waals surface area (Å²) in [7, 11) is 0. The number of ether oxygens (including phenoxy) is 1. The van der Waals surface area contributed by atoms with Crippen molar-refractivity contribution in [2.45, 2.75) is 12.6 Å². The van der Waals surface area contributed by atoms with Crippen molar-refractivity contribution in [3.05, 3.63) is 16.4 Å². The number of nitro groups is 1. The summed E-state index contributed by atoms with van der Waals surface area (Å²) in [4.78, 5) is 16.1. The minimum atomic E-state index is -0.768. The van der Waals surface area contributed by atoms with Crippen LogP contribution in [0, 0.1) is 10.1 Å². The Labute approximate surface area is 114 Å². The zero-order valence-electron chi connectivity index (χ0n) is 10.2. The van der Waals surface area contributed by atoms with E-state index in [1.807, 2.05) is 4.90 Å². The minimum Gasteiger partial charge on any atom is -0.390 e. The van der Waals surface area contributed by atoms with Crippen LogP contribution in [0.5, 0.6) is 0 Å². The highest BCUT2D eigenvalue weighted by atomic mass is 35.5. The van der Waals surface area contributed by atoms with Crippen molar-refractivity contribution in [1.29, 1.82) is 0 Å². The first-order valence-corrected chi connectivity index (χ1v) is 6.43. The molecule has 1 saturated heterocycles. The van der Waals surface area contributed by atoms with Gasteiger partial charge in [0.25, 0.3) is 0 Å². The predicted octanol–water partition coefficient (Wildman–Crippen LogP) is 0.228. The van der Waals surface area contributed by atoms with E-state index in [9.17, 15) is 15.2 Å². The van der Waals surface area contributed by atoms with E-state index < -0.39 is 11.0 Å². The average Bonchev–Trinajstić information content (AvgIpc) is 2.83. The van der Waals surface area contributed by atoms with Crippen molar-refractivity contribution < 1.29 is 14.8 Å². The third-order valence-electron chi connectivity index (χ3n) is 2.86. The van der Waals surface area contributed by atoms with Crippen molar-refractivity contribution in [3.63, 3.8) is 0 Å². The van der Waals surface area contributed by atoms with E-state index in [4.69, 9.17) is 16.3 Å². The second kappa shape index (κ2) is 6.18. The Morgan fingerprint density at radius 3 is 2.84 bits per heavy atom. The fourth-order valence-electron chi connectivity index (χ4n) is 2.00. The summed E-state index contributed by atoms with van der Waals surface area (Å²) in [6.45, 7) is 2.32. The van der Waals surface area contributed by atoms with Crippen molar-refractivity contribution in [2.24, 2.45) is 0 Å². The molecule has 1 atom stereocenters. The minimum absolute atomic E-state index is 0.0640. The van der Waals surface area contributed by atoms with Crippen LogP contribution in [0.15, 0.2) is 6.33 Å². The van der Waals surface area contributed by atoms with E-state index in [0.29, 0.717) is 32.1 Å². The molecule has 0 bridgehead atoms. The van der Waals surface area contributed by atoms with Crippen LogP contribution in [-0.2, 0) is 11.3 Å². The second-order valence-corrected chi connectivity index (χ2v) is 4.52. The molecule has 9 heteroatoms. The molecule has 0 amide bonds. The highest BCUT2D eigenvalue weighted by molar-refractivity contribution is 6.18. The maximum Gasteiger partial charge on any atom is 0.406 e. The maximum atomic E-state index is 11.0. The van der Waals surface area contributed by atoms with Gasteiger partial charge in [-0.15, -0.1) is 11.6 Å². The standard InChI is InChI=1S/C10H15ClN4O4/c11-5-8(16)6-14-7-12-9(15(17)18)10(14)13-1-3-19-4-2-13/h7-8,16H,1-6H2. The molecule has 2 rings (SSSR count). The van der Waals surface area contributed by atoms with Gasteiger partial charge in [0.1, 0.15) is 0 Å². The van der Waals surface area contributed by atoms with Crippen molar-refractivity contribution >= 4 is 23.2 Å². The van der Waals surface area contributed by atoms with E-state index in [-0.39, 0.29) is 18.2 Å². The summed E-state index contributed by atoms with van der Waals surface area (Å²) in [6, 6.07) is 0. The van der Waals surface area contributed by atoms with E-state index in [1.54, 1.807) is 4.57 Å². The summed E-state index contributed by atoms with van der Waals surface area (Å²) in [5.41, 5.74) is 0. The fraction of sp³-hybridized carbons (Fsp3) is 0.700. The lowest BCUT2D eigenvalue weighted by Gasteiger charge is -2.28. The van der Waals surface area contributed by atoms with Crippen LogP contribution in [0.25, 0.3) is 0 Å². The number of nitrogens with zero attached hydrogens (tertiary/aromatic N) is 4. The molecule has 2 heterocycles. The third kappa shape index (κ3) is 3.14. The lowest BCUT2D eigenvalue weighted by Crippen LogP contribution is -2.38. The number of hydrogen-bond donors (Lipinski definition) is 1. The Morgan fingerprint density at radius 2 is 2.26 bits per heavy atom. The normalized spacial score (nSPS) is 17.5. The molecule has 19 heavy (non-hydrogen) atoms. The van der Waals surface area contributed by atoms with Crippen molar-refractivity contribution in [2.75, 3.05) is 37.1 Å². The molecule has 0 aliphatic carbocycles. The van der Waals surface area contributed by atoms with Crippen LogP contribution in [0.3, 0.4) is 0 Å². The smallest absolute Gasteiger partial charge is 0.390 e. The number of aliphatic hydroxyl groups excluding tert-OH is 1. The summed E-state index contributed by atoms with van der Waals surface area (Å²) in [5.74, 6) is 0.260. The molecular formula is C10H15ClN4O4. The van der Waals surface area contributed by atoms with Gasteiger partial charge in [-0.25, -0.2) is 0 Å². The molecule has 0 saturated carbocycles. The predicted molar refractivity (Wildman–Crippen MR) is 68.6 cm³/mol. The Bertz CT molecular complexity index is 447. The van der Waals surface area contributed by atoms with Gasteiger partial charge in [0.15, 0.2) is 0 Å². The van der Waals surface area contributed by atoms with Gasteiger partial charge in [0.05, 0.1) is 31.7 Å². The van der Waals surface area contributed by atoms with Gasteiger partial charge in [0.2, 0.25) is 12.1 Å². The van der Waals surface area contributed by atoms with E-state index in [0.717, 1.165) is 0 Å². The molecule has 0 aromatic carbocycles. The molecule has 1 aliphatic rings. The van der Waals surface area contributed by atoms with Crippen molar-refractivity contribution in [1.82, 2.24) is 9.55 Å². The fourth-order valence-corrected chi connectivity index (χ4v) is 2.10. The number of imidazole rings is 1. The molecule has 106 valence electrons. The Morgan fingerprint density at radius 1 is 1.58 bits per heavy atom. The molecule has 1 aromatic heterocycles. The SMILES string of the molecule is O=[N+]([O-])c1ncn(CC(O)CCl)c1N1CCOCC1. The van der Waals surface area contributed by atoms with Crippen molar-refractivity contribution in [3.8, 4) is 0 Å².